The van der Waals surface area contributed by atoms with Crippen LogP contribution in [0, 0.1) is 5.92 Å². The van der Waals surface area contributed by atoms with Crippen molar-refractivity contribution >= 4 is 48.2 Å². The zero-order chi connectivity index (χ0) is 34.2. The first-order chi connectivity index (χ1) is 22.3. The summed E-state index contributed by atoms with van der Waals surface area (Å²) in [5.41, 5.74) is -0.733. The number of hydrogen-bond donors (Lipinski definition) is 1. The molecule has 13 heteroatoms. The van der Waals surface area contributed by atoms with Crippen LogP contribution < -0.4 is 10.0 Å². The molecule has 0 aliphatic heterocycles. The molecule has 0 spiro atoms. The molecule has 2 unspecified atom stereocenters. The van der Waals surface area contributed by atoms with Gasteiger partial charge in [0.15, 0.2) is 0 Å². The van der Waals surface area contributed by atoms with Gasteiger partial charge >= 0.3 is 20.9 Å². The Labute approximate surface area is 289 Å². The lowest BCUT2D eigenvalue weighted by Gasteiger charge is -2.26. The highest BCUT2D eigenvalue weighted by molar-refractivity contribution is 9.10. The molecule has 47 heavy (non-hydrogen) atoms. The summed E-state index contributed by atoms with van der Waals surface area (Å²) >= 11 is 4.85. The molecule has 0 heterocycles. The Morgan fingerprint density at radius 3 is 2.04 bits per heavy atom. The van der Waals surface area contributed by atoms with Gasteiger partial charge in [0.2, 0.25) is 0 Å². The van der Waals surface area contributed by atoms with Gasteiger partial charge in [-0.25, -0.2) is 0 Å². The quantitative estimate of drug-likeness (QED) is 0.136. The number of hydrogen-bond acceptors (Lipinski definition) is 7. The first-order valence-electron chi connectivity index (χ1n) is 15.9. The van der Waals surface area contributed by atoms with Crippen LogP contribution in [0.15, 0.2) is 65.1 Å². The summed E-state index contributed by atoms with van der Waals surface area (Å²) in [6, 6.07) is 17.7. The molecule has 1 saturated carbocycles. The maximum absolute atomic E-state index is 15.3. The molecule has 2 atom stereocenters. The van der Waals surface area contributed by atoms with Crippen molar-refractivity contribution < 1.29 is 41.1 Å². The number of ether oxygens (including phenoxy) is 1. The Morgan fingerprint density at radius 2 is 1.45 bits per heavy atom. The smallest absolute Gasteiger partial charge is 0.404 e. The molecule has 1 N–H and O–H groups in total. The number of alkyl halides is 2. The fourth-order valence-corrected chi connectivity index (χ4v) is 10.2. The van der Waals surface area contributed by atoms with E-state index in [1.54, 1.807) is 43.0 Å². The fourth-order valence-electron chi connectivity index (χ4n) is 5.64. The van der Waals surface area contributed by atoms with E-state index in [1.165, 1.54) is 32.8 Å². The fraction of sp³-hybridized carbons (Fsp3) is 0.471. The predicted octanol–water partition coefficient (Wildman–Crippen LogP) is 10.7. The van der Waals surface area contributed by atoms with E-state index in [-0.39, 0.29) is 35.7 Å². The van der Waals surface area contributed by atoms with Gasteiger partial charge < -0.3 is 23.2 Å². The van der Waals surface area contributed by atoms with E-state index in [2.05, 4.69) is 15.9 Å². The topological polar surface area (TPSA) is 91.3 Å². The lowest BCUT2D eigenvalue weighted by molar-refractivity contribution is 0.0354. The summed E-state index contributed by atoms with van der Waals surface area (Å²) in [6.07, 6.45) is 4.48. The minimum atomic E-state index is -4.71. The normalized spacial score (nSPS) is 16.3. The summed E-state index contributed by atoms with van der Waals surface area (Å²) in [7, 11) is -8.81. The maximum atomic E-state index is 15.3. The van der Waals surface area contributed by atoms with Crippen LogP contribution in [0.5, 0.6) is 5.75 Å². The van der Waals surface area contributed by atoms with Gasteiger partial charge in [-0.1, -0.05) is 71.2 Å². The van der Waals surface area contributed by atoms with Gasteiger partial charge in [-0.3, -0.25) is 9.13 Å². The van der Waals surface area contributed by atoms with E-state index in [1.807, 2.05) is 37.3 Å². The van der Waals surface area contributed by atoms with Crippen molar-refractivity contribution in [3.8, 4) is 16.9 Å². The molecule has 0 saturated heterocycles. The second-order valence-electron chi connectivity index (χ2n) is 11.4. The molecule has 0 aromatic heterocycles. The molecule has 4 rings (SSSR count). The standard InChI is InChI=1S/C34H43BrF2O7P2S/c1-5-41-45(38,39)33-21-29(17-19-32(33)44-24(4)27-10-8-9-11-27)28-15-12-25(13-16-28)22-47-23-26-14-18-30(31(35)20-26)34(36,37)46(40,42-6-2)43-7-3/h12-21,24,27H,5-11,22-23H2,1-4H3,(H,38,39). The number of thioether (sulfide) groups is 1. The third-order valence-corrected chi connectivity index (χ3v) is 13.5. The van der Waals surface area contributed by atoms with Gasteiger partial charge in [0, 0.05) is 21.5 Å². The van der Waals surface area contributed by atoms with Crippen molar-refractivity contribution in [1.29, 1.82) is 0 Å². The minimum absolute atomic E-state index is 0.0695. The molecule has 7 nitrogen and oxygen atoms in total. The highest BCUT2D eigenvalue weighted by atomic mass is 79.9. The molecule has 0 amide bonds. The van der Waals surface area contributed by atoms with Gasteiger partial charge in [-0.15, -0.1) is 0 Å². The average molecular weight is 776 g/mol. The SMILES string of the molecule is CCOP(=O)(O)c1cc(-c2ccc(CSCc3ccc(C(F)(F)P(=O)(OCC)OCC)c(Br)c3)cc2)ccc1OC(C)C1CCCC1. The Balaban J connectivity index is 1.43. The van der Waals surface area contributed by atoms with Gasteiger partial charge in [0.05, 0.1) is 25.9 Å². The number of rotatable bonds is 17. The van der Waals surface area contributed by atoms with Gasteiger partial charge in [0.25, 0.3) is 0 Å². The van der Waals surface area contributed by atoms with Crippen LogP contribution in [0.25, 0.3) is 11.1 Å². The maximum Gasteiger partial charge on any atom is 0.404 e. The molecule has 1 aliphatic rings. The van der Waals surface area contributed by atoms with Crippen molar-refractivity contribution in [2.45, 2.75) is 76.7 Å². The van der Waals surface area contributed by atoms with E-state index < -0.39 is 26.4 Å². The second kappa shape index (κ2) is 16.9. The summed E-state index contributed by atoms with van der Waals surface area (Å²) in [4.78, 5) is 10.8. The summed E-state index contributed by atoms with van der Waals surface area (Å²) in [5, 5.41) is 0.162. The summed E-state index contributed by atoms with van der Waals surface area (Å²) < 4.78 is 78.0. The Bertz CT molecular complexity index is 1580. The van der Waals surface area contributed by atoms with E-state index in [4.69, 9.17) is 18.3 Å². The predicted molar refractivity (Wildman–Crippen MR) is 189 cm³/mol. The Kier molecular flexibility index (Phi) is 13.8. The van der Waals surface area contributed by atoms with Crippen molar-refractivity contribution in [3.05, 3.63) is 81.8 Å². The molecular weight excluding hydrogens is 732 g/mol. The molecule has 258 valence electrons. The van der Waals surface area contributed by atoms with Crippen LogP contribution in [0.1, 0.15) is 70.1 Å². The first kappa shape index (κ1) is 38.3. The highest BCUT2D eigenvalue weighted by Gasteiger charge is 2.55. The molecule has 3 aromatic rings. The average Bonchev–Trinajstić information content (AvgIpc) is 3.57. The van der Waals surface area contributed by atoms with Crippen molar-refractivity contribution in [2.24, 2.45) is 5.92 Å². The van der Waals surface area contributed by atoms with Gasteiger partial charge in [0.1, 0.15) is 11.1 Å². The molecule has 3 aromatic carbocycles. The number of benzene rings is 3. The number of halogens is 3. The van der Waals surface area contributed by atoms with E-state index >= 15 is 8.78 Å². The highest BCUT2D eigenvalue weighted by Crippen LogP contribution is 2.67. The molecule has 1 aliphatic carbocycles. The Morgan fingerprint density at radius 1 is 0.872 bits per heavy atom. The van der Waals surface area contributed by atoms with Crippen LogP contribution in [0.4, 0.5) is 8.78 Å². The van der Waals surface area contributed by atoms with E-state index in [9.17, 15) is 14.0 Å². The van der Waals surface area contributed by atoms with Crippen LogP contribution >= 0.6 is 42.9 Å². The van der Waals surface area contributed by atoms with E-state index in [0.717, 1.165) is 35.1 Å². The van der Waals surface area contributed by atoms with Crippen molar-refractivity contribution in [2.75, 3.05) is 19.8 Å². The third kappa shape index (κ3) is 9.37. The Hall–Kier alpha value is -1.55. The lowest BCUT2D eigenvalue weighted by Crippen LogP contribution is -2.24. The molecular formula is C34H43BrF2O7P2S. The zero-order valence-corrected chi connectivity index (χ0v) is 31.3. The third-order valence-electron chi connectivity index (χ3n) is 8.07. The van der Waals surface area contributed by atoms with Crippen LogP contribution in [0.3, 0.4) is 0 Å². The van der Waals surface area contributed by atoms with Crippen molar-refractivity contribution in [1.82, 2.24) is 0 Å². The van der Waals surface area contributed by atoms with Crippen LogP contribution in [-0.4, -0.2) is 30.8 Å². The summed E-state index contributed by atoms with van der Waals surface area (Å²) in [5.74, 6) is 2.04. The summed E-state index contributed by atoms with van der Waals surface area (Å²) in [6.45, 7) is 6.45. The van der Waals surface area contributed by atoms with Crippen molar-refractivity contribution in [3.63, 3.8) is 0 Å². The van der Waals surface area contributed by atoms with Gasteiger partial charge in [-0.05, 0) is 86.9 Å². The monoisotopic (exact) mass is 774 g/mol. The van der Waals surface area contributed by atoms with Crippen LogP contribution in [-0.2, 0) is 39.9 Å². The zero-order valence-electron chi connectivity index (χ0n) is 27.1. The molecule has 0 bridgehead atoms. The van der Waals surface area contributed by atoms with Gasteiger partial charge in [-0.2, -0.15) is 20.5 Å². The van der Waals surface area contributed by atoms with E-state index in [0.29, 0.717) is 23.2 Å². The first-order valence-corrected chi connectivity index (χ1v) is 20.9. The largest absolute Gasteiger partial charge is 0.489 e. The lowest BCUT2D eigenvalue weighted by atomic mass is 10.0. The molecule has 1 fully saturated rings. The molecule has 0 radical (unpaired) electrons. The minimum Gasteiger partial charge on any atom is -0.489 e. The van der Waals surface area contributed by atoms with Crippen LogP contribution in [0.2, 0.25) is 0 Å². The second-order valence-corrected chi connectivity index (χ2v) is 17.1.